The predicted molar refractivity (Wildman–Crippen MR) is 76.8 cm³/mol. The van der Waals surface area contributed by atoms with Gasteiger partial charge in [0.1, 0.15) is 12.2 Å². The summed E-state index contributed by atoms with van der Waals surface area (Å²) in [6, 6.07) is 9.85. The van der Waals surface area contributed by atoms with Gasteiger partial charge < -0.3 is 9.84 Å². The van der Waals surface area contributed by atoms with Gasteiger partial charge in [0, 0.05) is 0 Å². The van der Waals surface area contributed by atoms with Crippen LogP contribution >= 0.6 is 0 Å². The summed E-state index contributed by atoms with van der Waals surface area (Å²) in [6.45, 7) is 0.607. The van der Waals surface area contributed by atoms with Gasteiger partial charge in [-0.3, -0.25) is 4.68 Å². The van der Waals surface area contributed by atoms with Gasteiger partial charge in [0.2, 0.25) is 0 Å². The fourth-order valence-electron chi connectivity index (χ4n) is 2.35. The van der Waals surface area contributed by atoms with Crippen molar-refractivity contribution in [2.24, 2.45) is 0 Å². The van der Waals surface area contributed by atoms with Crippen LogP contribution in [0.3, 0.4) is 0 Å². The Balaban J connectivity index is 1.66. The van der Waals surface area contributed by atoms with E-state index in [2.05, 4.69) is 5.10 Å². The van der Waals surface area contributed by atoms with Crippen LogP contribution in [0, 0.1) is 0 Å². The first-order chi connectivity index (χ1) is 10.0. The van der Waals surface area contributed by atoms with E-state index in [-0.39, 0.29) is 11.5 Å². The van der Waals surface area contributed by atoms with E-state index in [1.807, 2.05) is 30.3 Å². The lowest BCUT2D eigenvalue weighted by atomic mass is 10.2. The van der Waals surface area contributed by atoms with E-state index in [9.17, 15) is 13.5 Å². The van der Waals surface area contributed by atoms with Gasteiger partial charge in [0.15, 0.2) is 15.6 Å². The number of aliphatic hydroxyl groups excluding tert-OH is 1. The lowest BCUT2D eigenvalue weighted by Gasteiger charge is -2.13. The van der Waals surface area contributed by atoms with Crippen LogP contribution in [0.1, 0.15) is 5.56 Å². The van der Waals surface area contributed by atoms with Crippen LogP contribution in [-0.2, 0) is 16.4 Å². The Bertz CT molecular complexity index is 712. The van der Waals surface area contributed by atoms with Crippen LogP contribution in [0.25, 0.3) is 0 Å². The highest BCUT2D eigenvalue weighted by Gasteiger charge is 2.38. The molecule has 0 spiro atoms. The fraction of sp³-hybridized carbons (Fsp3) is 0.357. The van der Waals surface area contributed by atoms with Gasteiger partial charge in [0.05, 0.1) is 30.4 Å². The number of ether oxygens (including phenoxy) is 1. The molecule has 21 heavy (non-hydrogen) atoms. The number of aromatic nitrogens is 2. The molecule has 6 nitrogen and oxygen atoms in total. The standard InChI is InChI=1S/C14H16N2O4S/c17-13-9-21(18,19)10-14(13)20-12-6-15-16(8-12)7-11-4-2-1-3-5-11/h1-6,8,13-14,17H,7,9-10H2. The summed E-state index contributed by atoms with van der Waals surface area (Å²) in [5.74, 6) is 0.0699. The van der Waals surface area contributed by atoms with Gasteiger partial charge in [-0.15, -0.1) is 0 Å². The van der Waals surface area contributed by atoms with E-state index in [1.54, 1.807) is 10.9 Å². The average molecular weight is 308 g/mol. The lowest BCUT2D eigenvalue weighted by molar-refractivity contribution is 0.0737. The third kappa shape index (κ3) is 3.43. The highest BCUT2D eigenvalue weighted by Crippen LogP contribution is 2.20. The van der Waals surface area contributed by atoms with E-state index in [1.165, 1.54) is 6.20 Å². The Labute approximate surface area is 122 Å². The smallest absolute Gasteiger partial charge is 0.157 e. The van der Waals surface area contributed by atoms with Crippen LogP contribution in [0.2, 0.25) is 0 Å². The summed E-state index contributed by atoms with van der Waals surface area (Å²) in [5.41, 5.74) is 1.11. The number of hydrogen-bond acceptors (Lipinski definition) is 5. The first-order valence-corrected chi connectivity index (χ1v) is 8.45. The number of hydrogen-bond donors (Lipinski definition) is 1. The molecule has 0 bridgehead atoms. The average Bonchev–Trinajstić information content (AvgIpc) is 2.95. The van der Waals surface area contributed by atoms with E-state index >= 15 is 0 Å². The molecule has 1 fully saturated rings. The predicted octanol–water partition coefficient (Wildman–Crippen LogP) is 0.468. The maximum absolute atomic E-state index is 11.4. The molecule has 1 aromatic carbocycles. The zero-order chi connectivity index (χ0) is 14.9. The monoisotopic (exact) mass is 308 g/mol. The molecule has 1 N–H and O–H groups in total. The molecule has 2 unspecified atom stereocenters. The van der Waals surface area contributed by atoms with Crippen LogP contribution in [0.15, 0.2) is 42.7 Å². The maximum atomic E-state index is 11.4. The molecule has 2 heterocycles. The van der Waals surface area contributed by atoms with E-state index < -0.39 is 22.0 Å². The summed E-state index contributed by atoms with van der Waals surface area (Å²) < 4.78 is 30.1. The van der Waals surface area contributed by atoms with Crippen molar-refractivity contribution in [1.29, 1.82) is 0 Å². The molecule has 1 aliphatic rings. The summed E-state index contributed by atoms with van der Waals surface area (Å²) >= 11 is 0. The Kier molecular flexibility index (Phi) is 3.69. The molecule has 0 saturated carbocycles. The minimum absolute atomic E-state index is 0.155. The molecule has 0 amide bonds. The van der Waals surface area contributed by atoms with Crippen molar-refractivity contribution in [2.45, 2.75) is 18.8 Å². The summed E-state index contributed by atoms with van der Waals surface area (Å²) in [5, 5.41) is 13.9. The molecule has 3 rings (SSSR count). The van der Waals surface area contributed by atoms with Crippen molar-refractivity contribution in [2.75, 3.05) is 11.5 Å². The molecule has 2 aromatic rings. The molecule has 1 aliphatic heterocycles. The van der Waals surface area contributed by atoms with Crippen molar-refractivity contribution in [3.05, 3.63) is 48.3 Å². The van der Waals surface area contributed by atoms with E-state index in [0.717, 1.165) is 5.56 Å². The van der Waals surface area contributed by atoms with Gasteiger partial charge >= 0.3 is 0 Å². The molecular weight excluding hydrogens is 292 g/mol. The van der Waals surface area contributed by atoms with Crippen LogP contribution in [-0.4, -0.2) is 47.0 Å². The lowest BCUT2D eigenvalue weighted by Crippen LogP contribution is -2.29. The number of nitrogens with zero attached hydrogens (tertiary/aromatic N) is 2. The van der Waals surface area contributed by atoms with Gasteiger partial charge in [-0.25, -0.2) is 8.42 Å². The summed E-state index contributed by atoms with van der Waals surface area (Å²) in [7, 11) is -3.21. The van der Waals surface area contributed by atoms with Crippen molar-refractivity contribution < 1.29 is 18.3 Å². The molecule has 0 radical (unpaired) electrons. The van der Waals surface area contributed by atoms with Crippen molar-refractivity contribution in [3.63, 3.8) is 0 Å². The molecule has 1 aromatic heterocycles. The molecular formula is C14H16N2O4S. The number of benzene rings is 1. The van der Waals surface area contributed by atoms with Crippen LogP contribution < -0.4 is 4.74 Å². The number of sulfone groups is 1. The van der Waals surface area contributed by atoms with Gasteiger partial charge in [0.25, 0.3) is 0 Å². The quantitative estimate of drug-likeness (QED) is 0.888. The normalized spacial score (nSPS) is 24.0. The minimum Gasteiger partial charge on any atom is -0.483 e. The second-order valence-electron chi connectivity index (χ2n) is 5.16. The number of rotatable bonds is 4. The Hall–Kier alpha value is -1.86. The molecule has 112 valence electrons. The van der Waals surface area contributed by atoms with Crippen LogP contribution in [0.4, 0.5) is 0 Å². The fourth-order valence-corrected chi connectivity index (χ4v) is 4.01. The Morgan fingerprint density at radius 2 is 2.05 bits per heavy atom. The van der Waals surface area contributed by atoms with Crippen molar-refractivity contribution >= 4 is 9.84 Å². The summed E-state index contributed by atoms with van der Waals surface area (Å²) in [6.07, 6.45) is 1.53. The topological polar surface area (TPSA) is 81.4 Å². The van der Waals surface area contributed by atoms with Gasteiger partial charge in [-0.2, -0.15) is 5.10 Å². The van der Waals surface area contributed by atoms with Crippen molar-refractivity contribution in [3.8, 4) is 5.75 Å². The largest absolute Gasteiger partial charge is 0.483 e. The zero-order valence-corrected chi connectivity index (χ0v) is 12.1. The zero-order valence-electron chi connectivity index (χ0n) is 11.3. The highest BCUT2D eigenvalue weighted by atomic mass is 32.2. The molecule has 1 saturated heterocycles. The third-order valence-corrected chi connectivity index (χ3v) is 5.04. The highest BCUT2D eigenvalue weighted by molar-refractivity contribution is 7.91. The molecule has 7 heteroatoms. The second kappa shape index (κ2) is 5.50. The van der Waals surface area contributed by atoms with Crippen molar-refractivity contribution in [1.82, 2.24) is 9.78 Å². The minimum atomic E-state index is -3.21. The first-order valence-electron chi connectivity index (χ1n) is 6.63. The molecule has 2 atom stereocenters. The number of aliphatic hydroxyl groups is 1. The maximum Gasteiger partial charge on any atom is 0.157 e. The summed E-state index contributed by atoms with van der Waals surface area (Å²) in [4.78, 5) is 0. The van der Waals surface area contributed by atoms with E-state index in [0.29, 0.717) is 12.3 Å². The third-order valence-electron chi connectivity index (χ3n) is 3.36. The second-order valence-corrected chi connectivity index (χ2v) is 7.31. The first kappa shape index (κ1) is 14.1. The van der Waals surface area contributed by atoms with Gasteiger partial charge in [-0.05, 0) is 5.56 Å². The SMILES string of the molecule is O=S1(=O)CC(O)C(Oc2cnn(Cc3ccccc3)c2)C1. The Morgan fingerprint density at radius 3 is 2.71 bits per heavy atom. The molecule has 0 aliphatic carbocycles. The van der Waals surface area contributed by atoms with E-state index in [4.69, 9.17) is 4.74 Å². The Morgan fingerprint density at radius 1 is 1.29 bits per heavy atom. The van der Waals surface area contributed by atoms with Gasteiger partial charge in [-0.1, -0.05) is 30.3 Å². The van der Waals surface area contributed by atoms with Crippen LogP contribution in [0.5, 0.6) is 5.75 Å².